The SMILES string of the molecule is CCC(CCN)CCC(=O)NCCC(C)C. The number of hydrogen-bond donors (Lipinski definition) is 2. The summed E-state index contributed by atoms with van der Waals surface area (Å²) in [5.41, 5.74) is 5.52. The van der Waals surface area contributed by atoms with Crippen LogP contribution in [0.3, 0.4) is 0 Å². The highest BCUT2D eigenvalue weighted by atomic mass is 16.1. The van der Waals surface area contributed by atoms with E-state index in [-0.39, 0.29) is 5.91 Å². The number of nitrogens with one attached hydrogen (secondary N) is 1. The fraction of sp³-hybridized carbons (Fsp3) is 0.923. The van der Waals surface area contributed by atoms with Crippen molar-refractivity contribution in [3.05, 3.63) is 0 Å². The third-order valence-electron chi connectivity index (χ3n) is 2.98. The first-order valence-electron chi connectivity index (χ1n) is 6.56. The van der Waals surface area contributed by atoms with E-state index in [1.165, 1.54) is 0 Å². The van der Waals surface area contributed by atoms with Gasteiger partial charge in [-0.25, -0.2) is 0 Å². The summed E-state index contributed by atoms with van der Waals surface area (Å²) in [6, 6.07) is 0. The van der Waals surface area contributed by atoms with E-state index >= 15 is 0 Å². The summed E-state index contributed by atoms with van der Waals surface area (Å²) in [6.45, 7) is 8.04. The predicted molar refractivity (Wildman–Crippen MR) is 69.2 cm³/mol. The summed E-state index contributed by atoms with van der Waals surface area (Å²) >= 11 is 0. The molecule has 1 unspecified atom stereocenters. The largest absolute Gasteiger partial charge is 0.356 e. The Bertz CT molecular complexity index is 181. The highest BCUT2D eigenvalue weighted by Crippen LogP contribution is 2.14. The van der Waals surface area contributed by atoms with Crippen LogP contribution in [-0.4, -0.2) is 19.0 Å². The van der Waals surface area contributed by atoms with Gasteiger partial charge in [-0.05, 0) is 37.6 Å². The van der Waals surface area contributed by atoms with Gasteiger partial charge in [0.05, 0.1) is 0 Å². The number of carbonyl (C=O) groups excluding carboxylic acids is 1. The van der Waals surface area contributed by atoms with Crippen molar-refractivity contribution in [1.29, 1.82) is 0 Å². The average molecular weight is 228 g/mol. The lowest BCUT2D eigenvalue weighted by Crippen LogP contribution is -2.25. The van der Waals surface area contributed by atoms with Gasteiger partial charge in [-0.2, -0.15) is 0 Å². The van der Waals surface area contributed by atoms with E-state index in [0.29, 0.717) is 18.3 Å². The minimum atomic E-state index is 0.191. The molecule has 96 valence electrons. The zero-order valence-corrected chi connectivity index (χ0v) is 11.1. The first-order chi connectivity index (χ1) is 7.60. The Labute approximate surface area is 100 Å². The molecule has 0 spiro atoms. The highest BCUT2D eigenvalue weighted by Gasteiger charge is 2.08. The summed E-state index contributed by atoms with van der Waals surface area (Å²) in [4.78, 5) is 11.5. The van der Waals surface area contributed by atoms with E-state index < -0.39 is 0 Å². The maximum atomic E-state index is 11.5. The van der Waals surface area contributed by atoms with Crippen LogP contribution in [0.25, 0.3) is 0 Å². The Morgan fingerprint density at radius 3 is 2.44 bits per heavy atom. The standard InChI is InChI=1S/C13H28N2O/c1-4-12(7-9-14)5-6-13(16)15-10-8-11(2)3/h11-12H,4-10,14H2,1-3H3,(H,15,16). The predicted octanol–water partition coefficient (Wildman–Crippen LogP) is 2.30. The lowest BCUT2D eigenvalue weighted by molar-refractivity contribution is -0.121. The van der Waals surface area contributed by atoms with E-state index in [9.17, 15) is 4.79 Å². The van der Waals surface area contributed by atoms with Gasteiger partial charge in [0.1, 0.15) is 0 Å². The van der Waals surface area contributed by atoms with Gasteiger partial charge in [0.15, 0.2) is 0 Å². The Morgan fingerprint density at radius 1 is 1.25 bits per heavy atom. The second-order valence-corrected chi connectivity index (χ2v) is 4.92. The van der Waals surface area contributed by atoms with E-state index in [0.717, 1.165) is 38.8 Å². The first-order valence-corrected chi connectivity index (χ1v) is 6.56. The number of amides is 1. The molecule has 0 saturated carbocycles. The van der Waals surface area contributed by atoms with Crippen LogP contribution in [0.5, 0.6) is 0 Å². The fourth-order valence-corrected chi connectivity index (χ4v) is 1.71. The van der Waals surface area contributed by atoms with Crippen molar-refractivity contribution in [2.75, 3.05) is 13.1 Å². The smallest absolute Gasteiger partial charge is 0.220 e. The second-order valence-electron chi connectivity index (χ2n) is 4.92. The van der Waals surface area contributed by atoms with Gasteiger partial charge in [0.25, 0.3) is 0 Å². The molecule has 3 heteroatoms. The first kappa shape index (κ1) is 15.4. The van der Waals surface area contributed by atoms with Crippen molar-refractivity contribution in [2.24, 2.45) is 17.6 Å². The molecule has 3 nitrogen and oxygen atoms in total. The zero-order chi connectivity index (χ0) is 12.4. The zero-order valence-electron chi connectivity index (χ0n) is 11.1. The van der Waals surface area contributed by atoms with E-state index in [1.54, 1.807) is 0 Å². The molecule has 0 rings (SSSR count). The van der Waals surface area contributed by atoms with Crippen LogP contribution < -0.4 is 11.1 Å². The lowest BCUT2D eigenvalue weighted by Gasteiger charge is -2.13. The molecule has 0 heterocycles. The Hall–Kier alpha value is -0.570. The lowest BCUT2D eigenvalue weighted by atomic mass is 9.96. The van der Waals surface area contributed by atoms with E-state index in [1.807, 2.05) is 0 Å². The van der Waals surface area contributed by atoms with Gasteiger partial charge in [-0.3, -0.25) is 4.79 Å². The molecular formula is C13H28N2O. The summed E-state index contributed by atoms with van der Waals surface area (Å²) in [5.74, 6) is 1.46. The maximum Gasteiger partial charge on any atom is 0.220 e. The number of nitrogens with two attached hydrogens (primary N) is 1. The van der Waals surface area contributed by atoms with Crippen LogP contribution in [0, 0.1) is 11.8 Å². The van der Waals surface area contributed by atoms with Crippen LogP contribution in [0.2, 0.25) is 0 Å². The van der Waals surface area contributed by atoms with Gasteiger partial charge in [-0.15, -0.1) is 0 Å². The number of hydrogen-bond acceptors (Lipinski definition) is 2. The number of rotatable bonds is 9. The second kappa shape index (κ2) is 9.64. The third-order valence-corrected chi connectivity index (χ3v) is 2.98. The molecule has 1 amide bonds. The van der Waals surface area contributed by atoms with Gasteiger partial charge < -0.3 is 11.1 Å². The molecular weight excluding hydrogens is 200 g/mol. The molecule has 0 aliphatic rings. The van der Waals surface area contributed by atoms with Crippen molar-refractivity contribution in [3.8, 4) is 0 Å². The molecule has 1 atom stereocenters. The summed E-state index contributed by atoms with van der Waals surface area (Å²) in [7, 11) is 0. The summed E-state index contributed by atoms with van der Waals surface area (Å²) < 4.78 is 0. The topological polar surface area (TPSA) is 55.1 Å². The normalized spacial score (nSPS) is 12.8. The molecule has 0 aliphatic heterocycles. The van der Waals surface area contributed by atoms with Gasteiger partial charge in [-0.1, -0.05) is 27.2 Å². The number of carbonyl (C=O) groups is 1. The van der Waals surface area contributed by atoms with Crippen LogP contribution in [-0.2, 0) is 4.79 Å². The van der Waals surface area contributed by atoms with E-state index in [2.05, 4.69) is 26.1 Å². The summed E-state index contributed by atoms with van der Waals surface area (Å²) in [5, 5.41) is 2.97. The Kier molecular flexibility index (Phi) is 9.30. The van der Waals surface area contributed by atoms with Crippen LogP contribution >= 0.6 is 0 Å². The van der Waals surface area contributed by atoms with Gasteiger partial charge in [0, 0.05) is 13.0 Å². The molecule has 0 aromatic heterocycles. The van der Waals surface area contributed by atoms with Crippen LogP contribution in [0.4, 0.5) is 0 Å². The third kappa shape index (κ3) is 8.72. The molecule has 0 aromatic carbocycles. The van der Waals surface area contributed by atoms with Crippen LogP contribution in [0.1, 0.15) is 52.9 Å². The molecule has 16 heavy (non-hydrogen) atoms. The Morgan fingerprint density at radius 2 is 1.94 bits per heavy atom. The van der Waals surface area contributed by atoms with Gasteiger partial charge >= 0.3 is 0 Å². The minimum absolute atomic E-state index is 0.191. The van der Waals surface area contributed by atoms with Gasteiger partial charge in [0.2, 0.25) is 5.91 Å². The molecule has 0 aromatic rings. The molecule has 0 bridgehead atoms. The Balaban J connectivity index is 3.55. The van der Waals surface area contributed by atoms with Crippen molar-refractivity contribution in [3.63, 3.8) is 0 Å². The minimum Gasteiger partial charge on any atom is -0.356 e. The van der Waals surface area contributed by atoms with Crippen molar-refractivity contribution < 1.29 is 4.79 Å². The summed E-state index contributed by atoms with van der Waals surface area (Å²) in [6.07, 6.45) is 4.84. The molecule has 0 radical (unpaired) electrons. The van der Waals surface area contributed by atoms with Crippen LogP contribution in [0.15, 0.2) is 0 Å². The highest BCUT2D eigenvalue weighted by molar-refractivity contribution is 5.75. The van der Waals surface area contributed by atoms with E-state index in [4.69, 9.17) is 5.73 Å². The average Bonchev–Trinajstić information content (AvgIpc) is 2.23. The maximum absolute atomic E-state index is 11.5. The quantitative estimate of drug-likeness (QED) is 0.636. The van der Waals surface area contributed by atoms with Crippen molar-refractivity contribution >= 4 is 5.91 Å². The molecule has 0 saturated heterocycles. The molecule has 3 N–H and O–H groups in total. The molecule has 0 aliphatic carbocycles. The molecule has 0 fully saturated rings. The monoisotopic (exact) mass is 228 g/mol. The van der Waals surface area contributed by atoms with Crippen molar-refractivity contribution in [1.82, 2.24) is 5.32 Å². The fourth-order valence-electron chi connectivity index (χ4n) is 1.71. The van der Waals surface area contributed by atoms with Crippen molar-refractivity contribution in [2.45, 2.75) is 52.9 Å².